The summed E-state index contributed by atoms with van der Waals surface area (Å²) in [5.41, 5.74) is 5.48. The molecule has 1 aliphatic rings. The molecule has 4 aromatic rings. The summed E-state index contributed by atoms with van der Waals surface area (Å²) < 4.78 is 7.59. The van der Waals surface area contributed by atoms with Gasteiger partial charge in [-0.2, -0.15) is 0 Å². The van der Waals surface area contributed by atoms with Gasteiger partial charge in [0.2, 0.25) is 5.91 Å². The highest BCUT2D eigenvalue weighted by molar-refractivity contribution is 5.77. The molecule has 3 aromatic carbocycles. The summed E-state index contributed by atoms with van der Waals surface area (Å²) in [5, 5.41) is 10.8. The predicted octanol–water partition coefficient (Wildman–Crippen LogP) is 5.44. The van der Waals surface area contributed by atoms with Gasteiger partial charge in [0.15, 0.2) is 0 Å². The number of benzene rings is 3. The van der Waals surface area contributed by atoms with Crippen molar-refractivity contribution in [3.8, 4) is 11.1 Å². The van der Waals surface area contributed by atoms with Crippen LogP contribution in [-0.4, -0.2) is 58.4 Å². The Hall–Kier alpha value is -3.48. The van der Waals surface area contributed by atoms with E-state index in [9.17, 15) is 9.90 Å². The van der Waals surface area contributed by atoms with Crippen LogP contribution in [0.15, 0.2) is 78.9 Å². The average molecular weight is 512 g/mol. The third-order valence-electron chi connectivity index (χ3n) is 7.50. The summed E-state index contributed by atoms with van der Waals surface area (Å²) in [6.07, 6.45) is 2.76. The number of hydrogen-bond donors (Lipinski definition) is 1. The van der Waals surface area contributed by atoms with Crippen molar-refractivity contribution in [3.05, 3.63) is 90.3 Å². The summed E-state index contributed by atoms with van der Waals surface area (Å²) in [6, 6.07) is 26.7. The second-order valence-electron chi connectivity index (χ2n) is 10.3. The molecule has 2 heterocycles. The second kappa shape index (κ2) is 12.4. The first-order valence-corrected chi connectivity index (χ1v) is 13.7. The molecule has 6 nitrogen and oxygen atoms in total. The van der Waals surface area contributed by atoms with Gasteiger partial charge >= 0.3 is 0 Å². The Morgan fingerprint density at radius 1 is 1.03 bits per heavy atom. The summed E-state index contributed by atoms with van der Waals surface area (Å²) in [6.45, 7) is 2.92. The lowest BCUT2D eigenvalue weighted by molar-refractivity contribution is -0.134. The smallest absolute Gasteiger partial charge is 0.225 e. The van der Waals surface area contributed by atoms with Crippen LogP contribution in [0.1, 0.15) is 43.0 Å². The maximum absolute atomic E-state index is 13.2. The van der Waals surface area contributed by atoms with Gasteiger partial charge in [0.25, 0.3) is 0 Å². The molecule has 0 saturated carbocycles. The van der Waals surface area contributed by atoms with Gasteiger partial charge in [-0.3, -0.25) is 4.79 Å². The van der Waals surface area contributed by atoms with Crippen LogP contribution in [0.25, 0.3) is 22.2 Å². The fourth-order valence-corrected chi connectivity index (χ4v) is 5.56. The van der Waals surface area contributed by atoms with Crippen LogP contribution in [0.3, 0.4) is 0 Å². The second-order valence-corrected chi connectivity index (χ2v) is 10.3. The van der Waals surface area contributed by atoms with E-state index in [1.165, 1.54) is 5.56 Å². The quantitative estimate of drug-likeness (QED) is 0.288. The zero-order valence-corrected chi connectivity index (χ0v) is 22.1. The van der Waals surface area contributed by atoms with E-state index in [2.05, 4.69) is 41.0 Å². The van der Waals surface area contributed by atoms with Crippen molar-refractivity contribution in [1.29, 1.82) is 0 Å². The number of para-hydroxylation sites is 2. The molecule has 0 radical (unpaired) electrons. The summed E-state index contributed by atoms with van der Waals surface area (Å²) in [4.78, 5) is 20.1. The zero-order valence-electron chi connectivity index (χ0n) is 22.1. The van der Waals surface area contributed by atoms with E-state index in [0.717, 1.165) is 60.3 Å². The van der Waals surface area contributed by atoms with Gasteiger partial charge in [0.1, 0.15) is 5.82 Å². The van der Waals surface area contributed by atoms with Crippen molar-refractivity contribution in [2.45, 2.75) is 50.7 Å². The number of ether oxygens (including phenoxy) is 1. The van der Waals surface area contributed by atoms with Crippen LogP contribution in [0.2, 0.25) is 0 Å². The van der Waals surface area contributed by atoms with E-state index in [1.807, 2.05) is 47.4 Å². The molecular formula is C32H37N3O3. The molecule has 2 atom stereocenters. The number of methoxy groups -OCH3 is 1. The lowest BCUT2D eigenvalue weighted by Crippen LogP contribution is -2.41. The molecule has 1 N–H and O–H groups in total. The largest absolute Gasteiger partial charge is 0.392 e. The SMILES string of the molecule is COCCCn1c([C@@H]2CCCN(C(=O)CC(O)Cc3ccc(-c4ccccc4)cc3)C2)nc2ccccc21. The Morgan fingerprint density at radius 2 is 1.76 bits per heavy atom. The van der Waals surface area contributed by atoms with E-state index < -0.39 is 6.10 Å². The molecule has 1 fully saturated rings. The monoisotopic (exact) mass is 511 g/mol. The maximum Gasteiger partial charge on any atom is 0.225 e. The van der Waals surface area contributed by atoms with Gasteiger partial charge in [-0.25, -0.2) is 4.98 Å². The first-order valence-electron chi connectivity index (χ1n) is 13.7. The highest BCUT2D eigenvalue weighted by Gasteiger charge is 2.29. The van der Waals surface area contributed by atoms with Crippen LogP contribution < -0.4 is 0 Å². The number of aliphatic hydroxyl groups is 1. The van der Waals surface area contributed by atoms with E-state index in [-0.39, 0.29) is 18.2 Å². The number of aryl methyl sites for hydroxylation is 1. The molecular weight excluding hydrogens is 474 g/mol. The third kappa shape index (κ3) is 6.14. The third-order valence-corrected chi connectivity index (χ3v) is 7.50. The minimum atomic E-state index is -0.705. The van der Waals surface area contributed by atoms with Crippen molar-refractivity contribution in [2.75, 3.05) is 26.8 Å². The van der Waals surface area contributed by atoms with Gasteiger partial charge in [0.05, 0.1) is 23.6 Å². The summed E-state index contributed by atoms with van der Waals surface area (Å²) >= 11 is 0. The number of fused-ring (bicyclic) bond motifs is 1. The van der Waals surface area contributed by atoms with Crippen LogP contribution >= 0.6 is 0 Å². The molecule has 1 amide bonds. The fourth-order valence-electron chi connectivity index (χ4n) is 5.56. The van der Waals surface area contributed by atoms with Gasteiger partial charge in [-0.15, -0.1) is 0 Å². The number of rotatable bonds is 10. The van der Waals surface area contributed by atoms with Crippen LogP contribution in [0.5, 0.6) is 0 Å². The van der Waals surface area contributed by atoms with Gasteiger partial charge in [-0.1, -0.05) is 66.7 Å². The highest BCUT2D eigenvalue weighted by atomic mass is 16.5. The number of likely N-dealkylation sites (tertiary alicyclic amines) is 1. The fraction of sp³-hybridized carbons (Fsp3) is 0.375. The zero-order chi connectivity index (χ0) is 26.3. The van der Waals surface area contributed by atoms with E-state index in [0.29, 0.717) is 19.6 Å². The molecule has 1 unspecified atom stereocenters. The Bertz CT molecular complexity index is 1330. The van der Waals surface area contributed by atoms with Crippen LogP contribution in [0, 0.1) is 0 Å². The maximum atomic E-state index is 13.2. The molecule has 0 spiro atoms. The summed E-state index contributed by atoms with van der Waals surface area (Å²) in [7, 11) is 1.73. The molecule has 1 saturated heterocycles. The number of hydrogen-bond acceptors (Lipinski definition) is 4. The molecule has 38 heavy (non-hydrogen) atoms. The van der Waals surface area contributed by atoms with Gasteiger partial charge in [-0.05, 0) is 54.5 Å². The predicted molar refractivity (Wildman–Crippen MR) is 151 cm³/mol. The molecule has 198 valence electrons. The van der Waals surface area contributed by atoms with Crippen LogP contribution in [-0.2, 0) is 22.5 Å². The molecule has 5 rings (SSSR count). The number of nitrogens with zero attached hydrogens (tertiary/aromatic N) is 3. The normalized spacial score (nSPS) is 16.6. The molecule has 1 aromatic heterocycles. The van der Waals surface area contributed by atoms with Crippen molar-refractivity contribution in [3.63, 3.8) is 0 Å². The molecule has 6 heteroatoms. The van der Waals surface area contributed by atoms with Gasteiger partial charge < -0.3 is 19.3 Å². The van der Waals surface area contributed by atoms with Crippen molar-refractivity contribution in [1.82, 2.24) is 14.5 Å². The number of carbonyl (C=O) groups excluding carboxylic acids is 1. The van der Waals surface area contributed by atoms with E-state index >= 15 is 0 Å². The van der Waals surface area contributed by atoms with E-state index in [1.54, 1.807) is 7.11 Å². The van der Waals surface area contributed by atoms with Gasteiger partial charge in [0, 0.05) is 39.3 Å². The number of imidazole rings is 1. The van der Waals surface area contributed by atoms with Crippen molar-refractivity contribution >= 4 is 16.9 Å². The minimum Gasteiger partial charge on any atom is -0.392 e. The number of carbonyl (C=O) groups is 1. The van der Waals surface area contributed by atoms with Crippen molar-refractivity contribution < 1.29 is 14.6 Å². The van der Waals surface area contributed by atoms with Crippen LogP contribution in [0.4, 0.5) is 0 Å². The Kier molecular flexibility index (Phi) is 8.51. The Balaban J connectivity index is 1.21. The topological polar surface area (TPSA) is 67.6 Å². The number of amides is 1. The van der Waals surface area contributed by atoms with Crippen molar-refractivity contribution in [2.24, 2.45) is 0 Å². The molecule has 1 aliphatic heterocycles. The first-order chi connectivity index (χ1) is 18.6. The number of aromatic nitrogens is 2. The Labute approximate surface area is 224 Å². The lowest BCUT2D eigenvalue weighted by atomic mass is 9.96. The average Bonchev–Trinajstić information content (AvgIpc) is 3.33. The highest BCUT2D eigenvalue weighted by Crippen LogP contribution is 2.30. The molecule has 0 aliphatic carbocycles. The Morgan fingerprint density at radius 3 is 2.55 bits per heavy atom. The van der Waals surface area contributed by atoms with E-state index in [4.69, 9.17) is 9.72 Å². The number of piperidine rings is 1. The first kappa shape index (κ1) is 26.1. The lowest BCUT2D eigenvalue weighted by Gasteiger charge is -2.33. The molecule has 0 bridgehead atoms. The number of aliphatic hydroxyl groups excluding tert-OH is 1. The standard InChI is InChI=1S/C32H37N3O3/c1-38-20-8-19-35-30-13-6-5-12-29(30)33-32(35)27-11-7-18-34(23-27)31(37)22-28(36)21-24-14-16-26(17-15-24)25-9-3-2-4-10-25/h2-6,9-10,12-17,27-28,36H,7-8,11,18-23H2,1H3/t27-,28?/m1/s1. The summed E-state index contributed by atoms with van der Waals surface area (Å²) in [5.74, 6) is 1.26. The minimum absolute atomic E-state index is 0.0187.